The number of aliphatic carboxylic acids is 2. The Morgan fingerprint density at radius 2 is 1.87 bits per heavy atom. The number of carboxylic acids is 2. The van der Waals surface area contributed by atoms with E-state index in [1.54, 1.807) is 0 Å². The zero-order valence-electron chi connectivity index (χ0n) is 11.8. The van der Waals surface area contributed by atoms with Crippen molar-refractivity contribution in [2.24, 2.45) is 5.73 Å². The van der Waals surface area contributed by atoms with Gasteiger partial charge in [-0.3, -0.25) is 29.3 Å². The van der Waals surface area contributed by atoms with Crippen molar-refractivity contribution in [3.05, 3.63) is 10.1 Å². The van der Waals surface area contributed by atoms with E-state index in [0.29, 0.717) is 0 Å². The van der Waals surface area contributed by atoms with Gasteiger partial charge in [0.25, 0.3) is 0 Å². The molecule has 130 valence electrons. The minimum absolute atomic E-state index is 0.154. The summed E-state index contributed by atoms with van der Waals surface area (Å²) in [6.07, 6.45) is -0.494. The lowest BCUT2D eigenvalue weighted by Crippen LogP contribution is -2.49. The highest BCUT2D eigenvalue weighted by Gasteiger charge is 2.25. The number of nitrogens with zero attached hydrogens (tertiary/aromatic N) is 1. The summed E-state index contributed by atoms with van der Waals surface area (Å²) in [6.45, 7) is -0.710. The van der Waals surface area contributed by atoms with E-state index in [-0.39, 0.29) is 24.8 Å². The largest absolute Gasteiger partial charge is 0.480 e. The molecule has 13 heteroatoms. The molecule has 0 rings (SSSR count). The van der Waals surface area contributed by atoms with Crippen molar-refractivity contribution in [2.45, 2.75) is 24.9 Å². The average molecular weight is 352 g/mol. The number of rotatable bonds is 11. The van der Waals surface area contributed by atoms with Gasteiger partial charge in [0.2, 0.25) is 23.8 Å². The maximum absolute atomic E-state index is 11.7. The molecule has 23 heavy (non-hydrogen) atoms. The van der Waals surface area contributed by atoms with Gasteiger partial charge >= 0.3 is 11.9 Å². The third-order valence-electron chi connectivity index (χ3n) is 2.41. The summed E-state index contributed by atoms with van der Waals surface area (Å²) < 4.78 is -0.774. The Balaban J connectivity index is 4.57. The predicted octanol–water partition coefficient (Wildman–Crippen LogP) is -2.21. The monoisotopic (exact) mass is 352 g/mol. The van der Waals surface area contributed by atoms with Crippen molar-refractivity contribution in [3.63, 3.8) is 0 Å². The number of carboxylic acid groups (broad SMARTS) is 2. The fourth-order valence-corrected chi connectivity index (χ4v) is 1.79. The van der Waals surface area contributed by atoms with Crippen LogP contribution in [0.25, 0.3) is 0 Å². The molecular weight excluding hydrogens is 336 g/mol. The molecule has 0 fully saturated rings. The molecule has 0 radical (unpaired) electrons. The second kappa shape index (κ2) is 10.3. The van der Waals surface area contributed by atoms with Crippen LogP contribution in [0, 0.1) is 10.1 Å². The zero-order chi connectivity index (χ0) is 18.0. The standard InChI is InChI=1S/C10H16N4O8S/c11-5(10(19)20)1-2-7(15)13-6(4-23-14(21)22)9(18)12-3-8(16)17/h5-6H,1-4,11H2,(H,12,18)(H,13,15)(H,16,17)(H,19,20). The summed E-state index contributed by atoms with van der Waals surface area (Å²) in [4.78, 5) is 54.5. The number of nitrogens with two attached hydrogens (primary N) is 1. The van der Waals surface area contributed by atoms with E-state index in [0.717, 1.165) is 0 Å². The van der Waals surface area contributed by atoms with Crippen LogP contribution in [-0.2, 0) is 19.2 Å². The van der Waals surface area contributed by atoms with Crippen LogP contribution in [0.2, 0.25) is 0 Å². The van der Waals surface area contributed by atoms with Gasteiger partial charge in [-0.05, 0) is 6.42 Å². The normalized spacial score (nSPS) is 12.7. The van der Waals surface area contributed by atoms with Crippen LogP contribution >= 0.6 is 11.9 Å². The Hall–Kier alpha value is -2.41. The second-order valence-electron chi connectivity index (χ2n) is 4.23. The Kier molecular flexibility index (Phi) is 9.26. The first-order chi connectivity index (χ1) is 10.6. The Bertz CT molecular complexity index is 485. The van der Waals surface area contributed by atoms with Crippen molar-refractivity contribution in [1.29, 1.82) is 0 Å². The van der Waals surface area contributed by atoms with Crippen molar-refractivity contribution in [1.82, 2.24) is 10.6 Å². The number of hydrogen-bond donors (Lipinski definition) is 5. The fourth-order valence-electron chi connectivity index (χ4n) is 1.28. The Labute approximate surface area is 134 Å². The summed E-state index contributed by atoms with van der Waals surface area (Å²) >= 11 is 0.154. The van der Waals surface area contributed by atoms with E-state index < -0.39 is 52.5 Å². The Morgan fingerprint density at radius 1 is 1.26 bits per heavy atom. The van der Waals surface area contributed by atoms with Gasteiger partial charge in [0.15, 0.2) is 0 Å². The van der Waals surface area contributed by atoms with Gasteiger partial charge in [0.1, 0.15) is 23.0 Å². The van der Waals surface area contributed by atoms with E-state index >= 15 is 0 Å². The highest BCUT2D eigenvalue weighted by atomic mass is 32.2. The molecule has 2 unspecified atom stereocenters. The Morgan fingerprint density at radius 3 is 2.35 bits per heavy atom. The molecule has 0 saturated heterocycles. The molecule has 0 saturated carbocycles. The van der Waals surface area contributed by atoms with Gasteiger partial charge in [0.05, 0.1) is 5.75 Å². The first kappa shape index (κ1) is 20.6. The van der Waals surface area contributed by atoms with Crippen LogP contribution in [0.5, 0.6) is 0 Å². The lowest BCUT2D eigenvalue weighted by Gasteiger charge is -2.16. The van der Waals surface area contributed by atoms with E-state index in [1.807, 2.05) is 5.32 Å². The van der Waals surface area contributed by atoms with E-state index in [2.05, 4.69) is 5.32 Å². The number of amides is 2. The lowest BCUT2D eigenvalue weighted by atomic mass is 10.1. The van der Waals surface area contributed by atoms with Crippen LogP contribution in [0.3, 0.4) is 0 Å². The molecule has 0 aromatic carbocycles. The first-order valence-corrected chi connectivity index (χ1v) is 7.12. The van der Waals surface area contributed by atoms with Gasteiger partial charge in [0, 0.05) is 6.42 Å². The third-order valence-corrected chi connectivity index (χ3v) is 3.10. The van der Waals surface area contributed by atoms with Gasteiger partial charge in [-0.25, -0.2) is 0 Å². The number of hydrogen-bond acceptors (Lipinski definition) is 8. The molecule has 12 nitrogen and oxygen atoms in total. The summed E-state index contributed by atoms with van der Waals surface area (Å²) in [7, 11) is 0. The molecule has 0 aromatic heterocycles. The fraction of sp³-hybridized carbons (Fsp3) is 0.600. The molecule has 2 atom stereocenters. The summed E-state index contributed by atoms with van der Waals surface area (Å²) in [5, 5.41) is 31.5. The van der Waals surface area contributed by atoms with Crippen LogP contribution in [0.4, 0.5) is 0 Å². The van der Waals surface area contributed by atoms with Gasteiger partial charge in [-0.1, -0.05) is 0 Å². The lowest BCUT2D eigenvalue weighted by molar-refractivity contribution is -0.284. The maximum atomic E-state index is 11.7. The van der Waals surface area contributed by atoms with Crippen molar-refractivity contribution in [2.75, 3.05) is 12.3 Å². The molecule has 0 heterocycles. The number of carbonyl (C=O) groups is 4. The van der Waals surface area contributed by atoms with Crippen LogP contribution < -0.4 is 16.4 Å². The molecule has 0 aliphatic carbocycles. The molecule has 0 spiro atoms. The zero-order valence-corrected chi connectivity index (χ0v) is 12.6. The quantitative estimate of drug-likeness (QED) is 0.154. The highest BCUT2D eigenvalue weighted by molar-refractivity contribution is 7.93. The van der Waals surface area contributed by atoms with Crippen molar-refractivity contribution < 1.29 is 33.7 Å². The molecule has 0 aliphatic rings. The summed E-state index contributed by atoms with van der Waals surface area (Å²) in [6, 6.07) is -2.59. The SMILES string of the molecule is NC(CCC(=O)NC(CS[N+](=O)[O-])C(=O)NCC(=O)O)C(=O)O. The summed E-state index contributed by atoms with van der Waals surface area (Å²) in [5.74, 6) is -4.68. The van der Waals surface area contributed by atoms with Gasteiger partial charge in [-0.15, -0.1) is 0 Å². The minimum Gasteiger partial charge on any atom is -0.480 e. The summed E-state index contributed by atoms with van der Waals surface area (Å²) in [5.41, 5.74) is 5.22. The molecule has 6 N–H and O–H groups in total. The smallest absolute Gasteiger partial charge is 0.322 e. The van der Waals surface area contributed by atoms with Crippen LogP contribution in [-0.4, -0.2) is 62.7 Å². The van der Waals surface area contributed by atoms with Crippen LogP contribution in [0.15, 0.2) is 0 Å². The van der Waals surface area contributed by atoms with E-state index in [9.17, 15) is 29.3 Å². The van der Waals surface area contributed by atoms with Crippen molar-refractivity contribution >= 4 is 35.7 Å². The average Bonchev–Trinajstić information content (AvgIpc) is 2.45. The van der Waals surface area contributed by atoms with Gasteiger partial charge < -0.3 is 26.6 Å². The first-order valence-electron chi connectivity index (χ1n) is 6.18. The number of nitrogens with one attached hydrogen (secondary N) is 2. The van der Waals surface area contributed by atoms with Crippen LogP contribution in [0.1, 0.15) is 12.8 Å². The van der Waals surface area contributed by atoms with Crippen molar-refractivity contribution in [3.8, 4) is 0 Å². The third kappa shape index (κ3) is 10.0. The molecular formula is C10H16N4O8S. The maximum Gasteiger partial charge on any atom is 0.322 e. The van der Waals surface area contributed by atoms with E-state index in [4.69, 9.17) is 15.9 Å². The number of carbonyl (C=O) groups excluding carboxylic acids is 2. The predicted molar refractivity (Wildman–Crippen MR) is 76.9 cm³/mol. The molecule has 0 aliphatic heterocycles. The molecule has 0 bridgehead atoms. The van der Waals surface area contributed by atoms with E-state index in [1.165, 1.54) is 0 Å². The molecule has 0 aromatic rings. The highest BCUT2D eigenvalue weighted by Crippen LogP contribution is 2.04. The second-order valence-corrected chi connectivity index (χ2v) is 5.12. The molecule has 2 amide bonds. The van der Waals surface area contributed by atoms with Gasteiger partial charge in [-0.2, -0.15) is 0 Å². The minimum atomic E-state index is -1.33. The number of nitro groups is 1. The topological polar surface area (TPSA) is 202 Å².